The SMILES string of the molecule is CC(C)(O)CN1CCN(CCOc2cccc(N)c2)CC1. The first-order valence-corrected chi connectivity index (χ1v) is 7.58. The maximum atomic E-state index is 9.84. The van der Waals surface area contributed by atoms with E-state index in [0.29, 0.717) is 6.61 Å². The molecule has 1 aromatic carbocycles. The molecule has 0 aliphatic carbocycles. The van der Waals surface area contributed by atoms with Crippen LogP contribution in [0.1, 0.15) is 13.8 Å². The lowest BCUT2D eigenvalue weighted by molar-refractivity contribution is 0.0162. The normalized spacial score (nSPS) is 17.9. The summed E-state index contributed by atoms with van der Waals surface area (Å²) in [5.74, 6) is 0.829. The molecule has 21 heavy (non-hydrogen) atoms. The highest BCUT2D eigenvalue weighted by molar-refractivity contribution is 5.43. The fraction of sp³-hybridized carbons (Fsp3) is 0.625. The molecular weight excluding hydrogens is 266 g/mol. The summed E-state index contributed by atoms with van der Waals surface area (Å²) in [6.45, 7) is 10.1. The van der Waals surface area contributed by atoms with Crippen molar-refractivity contribution in [1.82, 2.24) is 9.80 Å². The third-order valence-corrected chi connectivity index (χ3v) is 3.61. The van der Waals surface area contributed by atoms with Gasteiger partial charge in [0, 0.05) is 51.0 Å². The minimum absolute atomic E-state index is 0.613. The molecule has 3 N–H and O–H groups in total. The fourth-order valence-corrected chi connectivity index (χ4v) is 2.62. The second kappa shape index (κ2) is 7.11. The number of hydrogen-bond acceptors (Lipinski definition) is 5. The molecule has 0 aromatic heterocycles. The second-order valence-corrected chi connectivity index (χ2v) is 6.35. The first kappa shape index (κ1) is 16.1. The van der Waals surface area contributed by atoms with E-state index in [2.05, 4.69) is 9.80 Å². The summed E-state index contributed by atoms with van der Waals surface area (Å²) in [6, 6.07) is 7.54. The van der Waals surface area contributed by atoms with Gasteiger partial charge in [0.15, 0.2) is 0 Å². The van der Waals surface area contributed by atoms with Gasteiger partial charge in [0.1, 0.15) is 12.4 Å². The molecule has 1 heterocycles. The Bertz CT molecular complexity index is 437. The van der Waals surface area contributed by atoms with Gasteiger partial charge in [-0.1, -0.05) is 6.07 Å². The van der Waals surface area contributed by atoms with Crippen molar-refractivity contribution in [2.24, 2.45) is 0 Å². The topological polar surface area (TPSA) is 62.0 Å². The number of β-amino-alcohol motifs (C(OH)–C–C–N with tert-alkyl or cyclic N) is 1. The van der Waals surface area contributed by atoms with Gasteiger partial charge in [-0.05, 0) is 26.0 Å². The summed E-state index contributed by atoms with van der Waals surface area (Å²) < 4.78 is 5.72. The largest absolute Gasteiger partial charge is 0.492 e. The average Bonchev–Trinajstić information content (AvgIpc) is 2.39. The van der Waals surface area contributed by atoms with Gasteiger partial charge >= 0.3 is 0 Å². The Labute approximate surface area is 127 Å². The molecule has 0 radical (unpaired) electrons. The van der Waals surface area contributed by atoms with E-state index < -0.39 is 5.60 Å². The number of ether oxygens (including phenoxy) is 1. The quantitative estimate of drug-likeness (QED) is 0.767. The Morgan fingerprint density at radius 2 is 1.86 bits per heavy atom. The first-order valence-electron chi connectivity index (χ1n) is 7.58. The second-order valence-electron chi connectivity index (χ2n) is 6.35. The van der Waals surface area contributed by atoms with Crippen LogP contribution in [0.4, 0.5) is 5.69 Å². The van der Waals surface area contributed by atoms with Crippen molar-refractivity contribution in [1.29, 1.82) is 0 Å². The van der Waals surface area contributed by atoms with Crippen molar-refractivity contribution in [2.45, 2.75) is 19.4 Å². The van der Waals surface area contributed by atoms with Crippen molar-refractivity contribution >= 4 is 5.69 Å². The molecule has 0 spiro atoms. The monoisotopic (exact) mass is 293 g/mol. The number of rotatable bonds is 6. The summed E-state index contributed by atoms with van der Waals surface area (Å²) in [7, 11) is 0. The van der Waals surface area contributed by atoms with Gasteiger partial charge in [-0.2, -0.15) is 0 Å². The Hall–Kier alpha value is -1.30. The van der Waals surface area contributed by atoms with Crippen molar-refractivity contribution in [2.75, 3.05) is 51.6 Å². The van der Waals surface area contributed by atoms with Crippen LogP contribution < -0.4 is 10.5 Å². The van der Waals surface area contributed by atoms with Crippen LogP contribution in [0.15, 0.2) is 24.3 Å². The number of nitrogen functional groups attached to an aromatic ring is 1. The van der Waals surface area contributed by atoms with Gasteiger partial charge in [0.2, 0.25) is 0 Å². The van der Waals surface area contributed by atoms with Crippen LogP contribution in [0.5, 0.6) is 5.75 Å². The van der Waals surface area contributed by atoms with Crippen molar-refractivity contribution in [3.63, 3.8) is 0 Å². The lowest BCUT2D eigenvalue weighted by Crippen LogP contribution is -2.51. The van der Waals surface area contributed by atoms with E-state index in [0.717, 1.165) is 50.7 Å². The Morgan fingerprint density at radius 3 is 2.48 bits per heavy atom. The van der Waals surface area contributed by atoms with Crippen molar-refractivity contribution in [3.05, 3.63) is 24.3 Å². The van der Waals surface area contributed by atoms with E-state index in [9.17, 15) is 5.11 Å². The van der Waals surface area contributed by atoms with Gasteiger partial charge in [-0.15, -0.1) is 0 Å². The molecule has 1 aromatic rings. The molecule has 0 bridgehead atoms. The van der Waals surface area contributed by atoms with Crippen molar-refractivity contribution < 1.29 is 9.84 Å². The summed E-state index contributed by atoms with van der Waals surface area (Å²) in [5, 5.41) is 9.84. The number of nitrogens with two attached hydrogens (primary N) is 1. The lowest BCUT2D eigenvalue weighted by atomic mass is 10.1. The third kappa shape index (κ3) is 5.91. The predicted molar refractivity (Wildman–Crippen MR) is 85.5 cm³/mol. The molecule has 5 heteroatoms. The summed E-state index contributed by atoms with van der Waals surface area (Å²) in [6.07, 6.45) is 0. The van der Waals surface area contributed by atoms with E-state index in [1.807, 2.05) is 38.1 Å². The minimum Gasteiger partial charge on any atom is -0.492 e. The van der Waals surface area contributed by atoms with E-state index in [1.165, 1.54) is 0 Å². The number of benzene rings is 1. The molecule has 0 saturated carbocycles. The number of anilines is 1. The maximum absolute atomic E-state index is 9.84. The maximum Gasteiger partial charge on any atom is 0.121 e. The number of piperazine rings is 1. The zero-order valence-corrected chi connectivity index (χ0v) is 13.1. The number of nitrogens with zero attached hydrogens (tertiary/aromatic N) is 2. The highest BCUT2D eigenvalue weighted by atomic mass is 16.5. The van der Waals surface area contributed by atoms with Gasteiger partial charge < -0.3 is 15.6 Å². The average molecular weight is 293 g/mol. The zero-order valence-electron chi connectivity index (χ0n) is 13.1. The molecule has 2 rings (SSSR count). The predicted octanol–water partition coefficient (Wildman–Crippen LogP) is 1.04. The zero-order chi connectivity index (χ0) is 15.3. The molecule has 1 aliphatic rings. The van der Waals surface area contributed by atoms with Crippen LogP contribution in [0, 0.1) is 0 Å². The first-order chi connectivity index (χ1) is 9.92. The molecule has 118 valence electrons. The van der Waals surface area contributed by atoms with Crippen LogP contribution in [0.3, 0.4) is 0 Å². The molecule has 0 amide bonds. The molecule has 0 atom stereocenters. The van der Waals surface area contributed by atoms with Gasteiger partial charge in [-0.3, -0.25) is 9.80 Å². The summed E-state index contributed by atoms with van der Waals surface area (Å²) >= 11 is 0. The van der Waals surface area contributed by atoms with Crippen LogP contribution in [0.2, 0.25) is 0 Å². The van der Waals surface area contributed by atoms with Crippen molar-refractivity contribution in [3.8, 4) is 5.75 Å². The molecule has 1 fully saturated rings. The number of hydrogen-bond donors (Lipinski definition) is 2. The molecular formula is C16H27N3O2. The molecule has 1 saturated heterocycles. The third-order valence-electron chi connectivity index (χ3n) is 3.61. The highest BCUT2D eigenvalue weighted by Crippen LogP contribution is 2.14. The highest BCUT2D eigenvalue weighted by Gasteiger charge is 2.22. The van der Waals surface area contributed by atoms with E-state index in [-0.39, 0.29) is 0 Å². The van der Waals surface area contributed by atoms with E-state index in [1.54, 1.807) is 0 Å². The Kier molecular flexibility index (Phi) is 5.45. The molecule has 0 unspecified atom stereocenters. The smallest absolute Gasteiger partial charge is 0.121 e. The molecule has 5 nitrogen and oxygen atoms in total. The van der Waals surface area contributed by atoms with Crippen LogP contribution in [0.25, 0.3) is 0 Å². The standard InChI is InChI=1S/C16H27N3O2/c1-16(2,20)13-19-8-6-18(7-9-19)10-11-21-15-5-3-4-14(17)12-15/h3-5,12,20H,6-11,13,17H2,1-2H3. The van der Waals surface area contributed by atoms with Crippen LogP contribution in [-0.4, -0.2) is 66.4 Å². The van der Waals surface area contributed by atoms with Crippen LogP contribution in [-0.2, 0) is 0 Å². The van der Waals surface area contributed by atoms with E-state index >= 15 is 0 Å². The Morgan fingerprint density at radius 1 is 1.19 bits per heavy atom. The van der Waals surface area contributed by atoms with E-state index in [4.69, 9.17) is 10.5 Å². The minimum atomic E-state index is -0.613. The van der Waals surface area contributed by atoms with Gasteiger partial charge in [0.05, 0.1) is 5.60 Å². The fourth-order valence-electron chi connectivity index (χ4n) is 2.62. The Balaban J connectivity index is 1.65. The summed E-state index contributed by atoms with van der Waals surface area (Å²) in [4.78, 5) is 4.71. The lowest BCUT2D eigenvalue weighted by Gasteiger charge is -2.37. The van der Waals surface area contributed by atoms with Crippen LogP contribution >= 0.6 is 0 Å². The summed E-state index contributed by atoms with van der Waals surface area (Å²) in [5.41, 5.74) is 5.84. The molecule has 1 aliphatic heterocycles. The van der Waals surface area contributed by atoms with Gasteiger partial charge in [-0.25, -0.2) is 0 Å². The van der Waals surface area contributed by atoms with Gasteiger partial charge in [0.25, 0.3) is 0 Å². The number of aliphatic hydroxyl groups is 1.